The molecule has 0 radical (unpaired) electrons. The summed E-state index contributed by atoms with van der Waals surface area (Å²) in [7, 11) is 0. The number of benzene rings is 1. The first kappa shape index (κ1) is 13.9. The topological polar surface area (TPSA) is 78.9 Å². The number of hydrogen-bond donors (Lipinski definition) is 2. The molecule has 1 heterocycles. The maximum Gasteiger partial charge on any atom is 0.274 e. The number of hydrogen-bond acceptors (Lipinski definition) is 4. The van der Waals surface area contributed by atoms with E-state index in [1.165, 1.54) is 0 Å². The minimum absolute atomic E-state index is 0.000573. The summed E-state index contributed by atoms with van der Waals surface area (Å²) in [6, 6.07) is 4.98. The average Bonchev–Trinajstić information content (AvgIpc) is 3.33. The number of nitrogens with one attached hydrogen (secondary N) is 1. The van der Waals surface area contributed by atoms with Gasteiger partial charge < -0.3 is 9.64 Å². The Morgan fingerprint density at radius 2 is 2.14 bits per heavy atom. The van der Waals surface area contributed by atoms with Crippen molar-refractivity contribution in [3.8, 4) is 5.75 Å². The zero-order valence-corrected chi connectivity index (χ0v) is 11.8. The van der Waals surface area contributed by atoms with Gasteiger partial charge in [-0.25, -0.2) is 5.48 Å². The highest BCUT2D eigenvalue weighted by molar-refractivity contribution is 5.93. The third-order valence-corrected chi connectivity index (χ3v) is 3.99. The van der Waals surface area contributed by atoms with E-state index in [2.05, 4.69) is 0 Å². The van der Waals surface area contributed by atoms with Gasteiger partial charge in [0.15, 0.2) is 0 Å². The zero-order valence-electron chi connectivity index (χ0n) is 11.8. The number of carbonyl (C=O) groups is 2. The molecule has 1 saturated carbocycles. The molecule has 112 valence electrons. The number of fused-ring (bicyclic) bond motifs is 1. The molecule has 21 heavy (non-hydrogen) atoms. The molecule has 1 aliphatic carbocycles. The fourth-order valence-electron chi connectivity index (χ4n) is 2.52. The number of ether oxygens (including phenoxy) is 1. The van der Waals surface area contributed by atoms with Crippen LogP contribution in [0.15, 0.2) is 18.2 Å². The van der Waals surface area contributed by atoms with Gasteiger partial charge in [0.1, 0.15) is 12.4 Å². The third kappa shape index (κ3) is 2.71. The summed E-state index contributed by atoms with van der Waals surface area (Å²) in [6.07, 6.45) is 1.96. The van der Waals surface area contributed by atoms with Crippen LogP contribution in [0, 0.1) is 5.92 Å². The lowest BCUT2D eigenvalue weighted by Crippen LogP contribution is -2.40. The predicted molar refractivity (Wildman–Crippen MR) is 73.9 cm³/mol. The largest absolute Gasteiger partial charge is 0.491 e. The molecule has 1 aliphatic heterocycles. The highest BCUT2D eigenvalue weighted by Crippen LogP contribution is 2.34. The fourth-order valence-corrected chi connectivity index (χ4v) is 2.52. The molecule has 1 atom stereocenters. The lowest BCUT2D eigenvalue weighted by atomic mass is 10.1. The van der Waals surface area contributed by atoms with Crippen molar-refractivity contribution in [2.45, 2.75) is 32.4 Å². The van der Waals surface area contributed by atoms with E-state index < -0.39 is 5.91 Å². The van der Waals surface area contributed by atoms with E-state index in [-0.39, 0.29) is 17.9 Å². The Bertz CT molecular complexity index is 583. The molecule has 1 unspecified atom stereocenters. The number of rotatable bonds is 2. The third-order valence-electron chi connectivity index (χ3n) is 3.99. The molecule has 6 nitrogen and oxygen atoms in total. The Morgan fingerprint density at radius 1 is 1.38 bits per heavy atom. The van der Waals surface area contributed by atoms with Gasteiger partial charge in [0, 0.05) is 23.6 Å². The van der Waals surface area contributed by atoms with Gasteiger partial charge in [-0.05, 0) is 31.9 Å². The summed E-state index contributed by atoms with van der Waals surface area (Å²) in [5.74, 6) is 0.378. The first-order chi connectivity index (χ1) is 10.1. The Labute approximate surface area is 122 Å². The molecule has 2 N–H and O–H groups in total. The van der Waals surface area contributed by atoms with Crippen molar-refractivity contribution >= 4 is 11.8 Å². The van der Waals surface area contributed by atoms with Gasteiger partial charge in [-0.15, -0.1) is 0 Å². The average molecular weight is 290 g/mol. The molecule has 6 heteroatoms. The summed E-state index contributed by atoms with van der Waals surface area (Å²) in [5, 5.41) is 8.68. The Kier molecular flexibility index (Phi) is 3.55. The van der Waals surface area contributed by atoms with Crippen molar-refractivity contribution in [1.29, 1.82) is 0 Å². The van der Waals surface area contributed by atoms with E-state index in [1.54, 1.807) is 23.7 Å². The van der Waals surface area contributed by atoms with Gasteiger partial charge in [-0.2, -0.15) is 0 Å². The van der Waals surface area contributed by atoms with Gasteiger partial charge in [0.25, 0.3) is 5.91 Å². The summed E-state index contributed by atoms with van der Waals surface area (Å²) < 4.78 is 5.72. The molecular formula is C15H18N2O4. The first-order valence-electron chi connectivity index (χ1n) is 7.11. The quantitative estimate of drug-likeness (QED) is 0.636. The van der Waals surface area contributed by atoms with Gasteiger partial charge in [0.2, 0.25) is 5.91 Å². The van der Waals surface area contributed by atoms with Crippen LogP contribution in [0.5, 0.6) is 5.75 Å². The summed E-state index contributed by atoms with van der Waals surface area (Å²) >= 11 is 0. The Balaban J connectivity index is 1.86. The van der Waals surface area contributed by atoms with Crippen LogP contribution in [-0.4, -0.2) is 34.6 Å². The summed E-state index contributed by atoms with van der Waals surface area (Å²) in [6.45, 7) is 2.86. The zero-order chi connectivity index (χ0) is 15.0. The van der Waals surface area contributed by atoms with Crippen molar-refractivity contribution in [3.63, 3.8) is 0 Å². The molecule has 0 spiro atoms. The molecule has 1 aromatic rings. The van der Waals surface area contributed by atoms with E-state index in [9.17, 15) is 9.59 Å². The van der Waals surface area contributed by atoms with Crippen LogP contribution >= 0.6 is 0 Å². The maximum atomic E-state index is 12.3. The highest BCUT2D eigenvalue weighted by Gasteiger charge is 2.36. The predicted octanol–water partition coefficient (Wildman–Crippen LogP) is 1.33. The summed E-state index contributed by atoms with van der Waals surface area (Å²) in [4.78, 5) is 25.6. The molecular weight excluding hydrogens is 272 g/mol. The molecule has 0 aromatic heterocycles. The van der Waals surface area contributed by atoms with E-state index >= 15 is 0 Å². The van der Waals surface area contributed by atoms with E-state index in [0.717, 1.165) is 18.4 Å². The highest BCUT2D eigenvalue weighted by atomic mass is 16.5. The SMILES string of the molecule is CC1COc2cc(C(=O)NO)ccc2CN1C(=O)C1CC1. The van der Waals surface area contributed by atoms with Crippen LogP contribution in [0.25, 0.3) is 0 Å². The maximum absolute atomic E-state index is 12.3. The molecule has 2 aliphatic rings. The fraction of sp³-hybridized carbons (Fsp3) is 0.467. The van der Waals surface area contributed by atoms with Crippen molar-refractivity contribution < 1.29 is 19.5 Å². The molecule has 1 aromatic carbocycles. The number of nitrogens with zero attached hydrogens (tertiary/aromatic N) is 1. The minimum Gasteiger partial charge on any atom is -0.491 e. The lowest BCUT2D eigenvalue weighted by molar-refractivity contribution is -0.135. The standard InChI is InChI=1S/C15H18N2O4/c1-9-8-21-13-6-11(14(18)16-20)4-5-12(13)7-17(9)15(19)10-2-3-10/h4-6,9-10,20H,2-3,7-8H2,1H3,(H,16,18). The Morgan fingerprint density at radius 3 is 2.81 bits per heavy atom. The Hall–Kier alpha value is -2.08. The number of carbonyl (C=O) groups excluding carboxylic acids is 2. The van der Waals surface area contributed by atoms with Crippen molar-refractivity contribution in [2.75, 3.05) is 6.61 Å². The molecule has 1 fully saturated rings. The minimum atomic E-state index is -0.579. The van der Waals surface area contributed by atoms with Crippen LogP contribution in [0.3, 0.4) is 0 Å². The normalized spacial score (nSPS) is 21.0. The van der Waals surface area contributed by atoms with Crippen LogP contribution in [0.2, 0.25) is 0 Å². The van der Waals surface area contributed by atoms with E-state index in [0.29, 0.717) is 24.5 Å². The van der Waals surface area contributed by atoms with Crippen LogP contribution in [0.4, 0.5) is 0 Å². The van der Waals surface area contributed by atoms with Gasteiger partial charge in [0.05, 0.1) is 6.04 Å². The van der Waals surface area contributed by atoms with Crippen LogP contribution in [0.1, 0.15) is 35.7 Å². The molecule has 0 bridgehead atoms. The van der Waals surface area contributed by atoms with E-state index in [1.807, 2.05) is 11.8 Å². The first-order valence-corrected chi connectivity index (χ1v) is 7.11. The van der Waals surface area contributed by atoms with Crippen molar-refractivity contribution in [3.05, 3.63) is 29.3 Å². The van der Waals surface area contributed by atoms with Gasteiger partial charge in [-0.3, -0.25) is 14.8 Å². The number of amides is 2. The van der Waals surface area contributed by atoms with Gasteiger partial charge >= 0.3 is 0 Å². The second-order valence-corrected chi connectivity index (χ2v) is 5.66. The summed E-state index contributed by atoms with van der Waals surface area (Å²) in [5.41, 5.74) is 2.81. The molecule has 3 rings (SSSR count). The van der Waals surface area contributed by atoms with Gasteiger partial charge in [-0.1, -0.05) is 6.07 Å². The molecule has 0 saturated heterocycles. The van der Waals surface area contributed by atoms with Crippen molar-refractivity contribution in [1.82, 2.24) is 10.4 Å². The smallest absolute Gasteiger partial charge is 0.274 e. The second kappa shape index (κ2) is 5.37. The van der Waals surface area contributed by atoms with Crippen molar-refractivity contribution in [2.24, 2.45) is 5.92 Å². The second-order valence-electron chi connectivity index (χ2n) is 5.66. The molecule has 2 amide bonds. The van der Waals surface area contributed by atoms with Crippen LogP contribution in [-0.2, 0) is 11.3 Å². The monoisotopic (exact) mass is 290 g/mol. The number of hydroxylamine groups is 1. The van der Waals surface area contributed by atoms with Crippen LogP contribution < -0.4 is 10.2 Å². The lowest BCUT2D eigenvalue weighted by Gasteiger charge is -2.26. The van der Waals surface area contributed by atoms with E-state index in [4.69, 9.17) is 9.94 Å².